The maximum atomic E-state index is 11.7. The Bertz CT molecular complexity index is 713. The van der Waals surface area contributed by atoms with Crippen LogP contribution in [0, 0.1) is 0 Å². The van der Waals surface area contributed by atoms with Gasteiger partial charge in [0.1, 0.15) is 0 Å². The van der Waals surface area contributed by atoms with Crippen LogP contribution in [-0.4, -0.2) is 59.0 Å². The Kier molecular flexibility index (Phi) is 8.53. The largest absolute Gasteiger partial charge is 0.354 e. The molecule has 3 N–H and O–H groups in total. The lowest BCUT2D eigenvalue weighted by Gasteiger charge is -2.32. The number of guanidine groups is 1. The Labute approximate surface area is 163 Å². The fourth-order valence-corrected chi connectivity index (χ4v) is 4.07. The molecule has 0 radical (unpaired) electrons. The van der Waals surface area contributed by atoms with Gasteiger partial charge in [0.15, 0.2) is 5.96 Å². The summed E-state index contributed by atoms with van der Waals surface area (Å²) in [7, 11) is -0.0547. The molecule has 0 atom stereocenters. The number of piperidine rings is 1. The fourth-order valence-electron chi connectivity index (χ4n) is 3.31. The maximum absolute atomic E-state index is 11.7. The van der Waals surface area contributed by atoms with Crippen LogP contribution in [-0.2, 0) is 22.3 Å². The van der Waals surface area contributed by atoms with Gasteiger partial charge in [-0.1, -0.05) is 31.2 Å². The molecule has 0 saturated carbocycles. The summed E-state index contributed by atoms with van der Waals surface area (Å²) in [5, 5.41) is 6.84. The highest BCUT2D eigenvalue weighted by molar-refractivity contribution is 7.88. The van der Waals surface area contributed by atoms with Crippen LogP contribution < -0.4 is 15.4 Å². The van der Waals surface area contributed by atoms with Gasteiger partial charge in [0, 0.05) is 32.7 Å². The van der Waals surface area contributed by atoms with Crippen LogP contribution in [0.2, 0.25) is 0 Å². The van der Waals surface area contributed by atoms with Gasteiger partial charge in [-0.2, -0.15) is 0 Å². The predicted octanol–water partition coefficient (Wildman–Crippen LogP) is 1.28. The molecule has 0 aliphatic carbocycles. The van der Waals surface area contributed by atoms with Crippen LogP contribution in [0.1, 0.15) is 37.3 Å². The minimum absolute atomic E-state index is 0.0132. The van der Waals surface area contributed by atoms with Gasteiger partial charge < -0.3 is 15.5 Å². The van der Waals surface area contributed by atoms with Gasteiger partial charge in [-0.05, 0) is 44.0 Å². The second-order valence-corrected chi connectivity index (χ2v) is 8.90. The summed E-state index contributed by atoms with van der Waals surface area (Å²) in [5.74, 6) is 0.776. The summed E-state index contributed by atoms with van der Waals surface area (Å²) in [5.41, 5.74) is 1.80. The molecule has 1 aliphatic rings. The smallest absolute Gasteiger partial charge is 0.215 e. The van der Waals surface area contributed by atoms with Crippen molar-refractivity contribution in [3.05, 3.63) is 35.4 Å². The first kappa shape index (κ1) is 21.7. The van der Waals surface area contributed by atoms with Crippen LogP contribution >= 0.6 is 0 Å². The zero-order valence-electron chi connectivity index (χ0n) is 16.7. The number of nitrogens with one attached hydrogen (secondary N) is 3. The molecule has 7 nitrogen and oxygen atoms in total. The molecule has 1 heterocycles. The predicted molar refractivity (Wildman–Crippen MR) is 111 cm³/mol. The molecule has 1 fully saturated rings. The lowest BCUT2D eigenvalue weighted by molar-refractivity contribution is 0.206. The summed E-state index contributed by atoms with van der Waals surface area (Å²) in [6.45, 7) is 6.26. The van der Waals surface area contributed by atoms with E-state index < -0.39 is 10.0 Å². The van der Waals surface area contributed by atoms with E-state index >= 15 is 0 Å². The third-order valence-corrected chi connectivity index (χ3v) is 6.15. The van der Waals surface area contributed by atoms with E-state index in [1.165, 1.54) is 20.0 Å². The summed E-state index contributed by atoms with van der Waals surface area (Å²) in [4.78, 5) is 6.84. The number of aliphatic imine (C=N–C) groups is 1. The van der Waals surface area contributed by atoms with E-state index in [9.17, 15) is 8.42 Å². The van der Waals surface area contributed by atoms with Crippen molar-refractivity contribution in [3.63, 3.8) is 0 Å². The molecule has 1 aromatic rings. The normalized spacial score (nSPS) is 17.1. The van der Waals surface area contributed by atoms with Crippen molar-refractivity contribution >= 4 is 16.0 Å². The molecule has 2 rings (SSSR count). The van der Waals surface area contributed by atoms with Crippen molar-refractivity contribution in [3.8, 4) is 0 Å². The van der Waals surface area contributed by atoms with Crippen LogP contribution in [0.25, 0.3) is 0 Å². The molecule has 152 valence electrons. The average molecular weight is 396 g/mol. The highest BCUT2D eigenvalue weighted by atomic mass is 32.2. The SMILES string of the molecule is CCCN1CCC(NC(=NC)NCc2cccc(CS(=O)(=O)NC)c2)CC1. The van der Waals surface area contributed by atoms with E-state index in [1.807, 2.05) is 24.3 Å². The molecular weight excluding hydrogens is 362 g/mol. The van der Waals surface area contributed by atoms with Gasteiger partial charge >= 0.3 is 0 Å². The molecule has 0 amide bonds. The van der Waals surface area contributed by atoms with E-state index in [4.69, 9.17) is 0 Å². The van der Waals surface area contributed by atoms with E-state index in [2.05, 4.69) is 32.2 Å². The third-order valence-electron chi connectivity index (χ3n) is 4.81. The number of likely N-dealkylation sites (tertiary alicyclic amines) is 1. The fraction of sp³-hybridized carbons (Fsp3) is 0.632. The molecule has 0 unspecified atom stereocenters. The monoisotopic (exact) mass is 395 g/mol. The van der Waals surface area contributed by atoms with Gasteiger partial charge in [0.25, 0.3) is 0 Å². The number of hydrogen-bond acceptors (Lipinski definition) is 4. The summed E-state index contributed by atoms with van der Waals surface area (Å²) < 4.78 is 25.8. The molecule has 1 saturated heterocycles. The van der Waals surface area contributed by atoms with Gasteiger partial charge in [0.2, 0.25) is 10.0 Å². The van der Waals surface area contributed by atoms with Crippen molar-refractivity contribution in [1.82, 2.24) is 20.3 Å². The van der Waals surface area contributed by atoms with Crippen molar-refractivity contribution in [2.75, 3.05) is 33.7 Å². The summed E-state index contributed by atoms with van der Waals surface area (Å²) in [6.07, 6.45) is 3.45. The molecule has 0 aromatic heterocycles. The Morgan fingerprint density at radius 2 is 1.96 bits per heavy atom. The summed E-state index contributed by atoms with van der Waals surface area (Å²) >= 11 is 0. The van der Waals surface area contributed by atoms with E-state index in [0.717, 1.165) is 43.0 Å². The van der Waals surface area contributed by atoms with E-state index in [1.54, 1.807) is 7.05 Å². The zero-order valence-corrected chi connectivity index (χ0v) is 17.5. The van der Waals surface area contributed by atoms with Crippen LogP contribution in [0.3, 0.4) is 0 Å². The summed E-state index contributed by atoms with van der Waals surface area (Å²) in [6, 6.07) is 8.06. The molecular formula is C19H33N5O2S. The van der Waals surface area contributed by atoms with Crippen molar-refractivity contribution in [2.24, 2.45) is 4.99 Å². The molecule has 0 spiro atoms. The Hall–Kier alpha value is -1.64. The minimum atomic E-state index is -3.26. The number of rotatable bonds is 8. The van der Waals surface area contributed by atoms with Crippen molar-refractivity contribution < 1.29 is 8.42 Å². The Morgan fingerprint density at radius 1 is 1.26 bits per heavy atom. The topological polar surface area (TPSA) is 85.8 Å². The third kappa shape index (κ3) is 7.48. The highest BCUT2D eigenvalue weighted by Crippen LogP contribution is 2.11. The Balaban J connectivity index is 1.84. The van der Waals surface area contributed by atoms with Gasteiger partial charge in [-0.3, -0.25) is 4.99 Å². The molecule has 1 aliphatic heterocycles. The number of nitrogens with zero attached hydrogens (tertiary/aromatic N) is 2. The first-order valence-corrected chi connectivity index (χ1v) is 11.3. The standard InChI is InChI=1S/C19H33N5O2S/c1-4-10-24-11-8-18(9-12-24)23-19(20-2)22-14-16-6-5-7-17(13-16)15-27(25,26)21-3/h5-7,13,18,21H,4,8-12,14-15H2,1-3H3,(H2,20,22,23). The Morgan fingerprint density at radius 3 is 2.59 bits per heavy atom. The first-order valence-electron chi connectivity index (χ1n) is 9.64. The quantitative estimate of drug-likeness (QED) is 0.456. The maximum Gasteiger partial charge on any atom is 0.215 e. The van der Waals surface area contributed by atoms with Crippen LogP contribution in [0.5, 0.6) is 0 Å². The second-order valence-electron chi connectivity index (χ2n) is 6.97. The van der Waals surface area contributed by atoms with Gasteiger partial charge in [-0.15, -0.1) is 0 Å². The van der Waals surface area contributed by atoms with Crippen molar-refractivity contribution in [2.45, 2.75) is 44.5 Å². The molecule has 1 aromatic carbocycles. The molecule has 0 bridgehead atoms. The average Bonchev–Trinajstić information content (AvgIpc) is 2.66. The van der Waals surface area contributed by atoms with E-state index in [-0.39, 0.29) is 5.75 Å². The lowest BCUT2D eigenvalue weighted by atomic mass is 10.1. The minimum Gasteiger partial charge on any atom is -0.354 e. The first-order chi connectivity index (χ1) is 13.0. The molecule has 27 heavy (non-hydrogen) atoms. The van der Waals surface area contributed by atoms with Crippen LogP contribution in [0.15, 0.2) is 29.3 Å². The number of sulfonamides is 1. The lowest BCUT2D eigenvalue weighted by Crippen LogP contribution is -2.48. The van der Waals surface area contributed by atoms with E-state index in [0.29, 0.717) is 12.6 Å². The second kappa shape index (κ2) is 10.6. The molecule has 8 heteroatoms. The van der Waals surface area contributed by atoms with Crippen molar-refractivity contribution in [1.29, 1.82) is 0 Å². The highest BCUT2D eigenvalue weighted by Gasteiger charge is 2.19. The van der Waals surface area contributed by atoms with Gasteiger partial charge in [-0.25, -0.2) is 13.1 Å². The van der Waals surface area contributed by atoms with Crippen LogP contribution in [0.4, 0.5) is 0 Å². The van der Waals surface area contributed by atoms with Gasteiger partial charge in [0.05, 0.1) is 5.75 Å². The zero-order chi connectivity index (χ0) is 19.7. The number of benzene rings is 1. The number of hydrogen-bond donors (Lipinski definition) is 3.